The highest BCUT2D eigenvalue weighted by atomic mass is 32.2. The minimum Gasteiger partial charge on any atom is -0.468 e. The number of ether oxygens (including phenoxy) is 1. The first-order valence-corrected chi connectivity index (χ1v) is 6.59. The highest BCUT2D eigenvalue weighted by Gasteiger charge is 2.07. The van der Waals surface area contributed by atoms with Crippen molar-refractivity contribution in [2.24, 2.45) is 0 Å². The number of Topliss-reactive ketones (excluding diaryl/α,β-unsaturated/α-hetero) is 1. The van der Waals surface area contributed by atoms with Gasteiger partial charge in [0, 0.05) is 5.56 Å². The van der Waals surface area contributed by atoms with E-state index in [9.17, 15) is 9.59 Å². The van der Waals surface area contributed by atoms with E-state index in [1.165, 1.54) is 24.4 Å². The Morgan fingerprint density at radius 3 is 2.35 bits per heavy atom. The Morgan fingerprint density at radius 2 is 1.82 bits per heavy atom. The van der Waals surface area contributed by atoms with Crippen molar-refractivity contribution in [1.29, 1.82) is 0 Å². The van der Waals surface area contributed by atoms with Crippen molar-refractivity contribution < 1.29 is 14.3 Å². The zero-order valence-corrected chi connectivity index (χ0v) is 10.9. The van der Waals surface area contributed by atoms with Gasteiger partial charge in [0.1, 0.15) is 0 Å². The van der Waals surface area contributed by atoms with Gasteiger partial charge in [-0.3, -0.25) is 9.59 Å². The molecule has 0 atom stereocenters. The van der Waals surface area contributed by atoms with Gasteiger partial charge in [-0.05, 0) is 12.0 Å². The normalized spacial score (nSPS) is 10.0. The molecule has 1 aromatic rings. The Labute approximate surface area is 106 Å². The fourth-order valence-corrected chi connectivity index (χ4v) is 2.03. The molecule has 0 saturated heterocycles. The Morgan fingerprint density at radius 1 is 1.18 bits per heavy atom. The topological polar surface area (TPSA) is 43.4 Å². The van der Waals surface area contributed by atoms with Crippen LogP contribution in [0.2, 0.25) is 0 Å². The number of aryl methyl sites for hydroxylation is 1. The molecule has 0 radical (unpaired) electrons. The summed E-state index contributed by atoms with van der Waals surface area (Å²) in [6.07, 6.45) is 0.964. The predicted octanol–water partition coefficient (Wildman–Crippen LogP) is 2.34. The Balaban J connectivity index is 2.44. The van der Waals surface area contributed by atoms with E-state index >= 15 is 0 Å². The van der Waals surface area contributed by atoms with Crippen molar-refractivity contribution in [1.82, 2.24) is 0 Å². The molecule has 0 aliphatic heterocycles. The van der Waals surface area contributed by atoms with Crippen LogP contribution in [0.15, 0.2) is 24.3 Å². The summed E-state index contributed by atoms with van der Waals surface area (Å²) in [5.74, 6) is 0.265. The van der Waals surface area contributed by atoms with Gasteiger partial charge in [0.05, 0.1) is 18.6 Å². The second-order valence-electron chi connectivity index (χ2n) is 3.54. The smallest absolute Gasteiger partial charge is 0.315 e. The fourth-order valence-electron chi connectivity index (χ4n) is 1.30. The molecular formula is C13H16O3S. The van der Waals surface area contributed by atoms with Gasteiger partial charge in [-0.1, -0.05) is 31.2 Å². The third kappa shape index (κ3) is 4.61. The summed E-state index contributed by atoms with van der Waals surface area (Å²) in [7, 11) is 1.34. The summed E-state index contributed by atoms with van der Waals surface area (Å²) >= 11 is 1.27. The number of carbonyl (C=O) groups is 2. The Hall–Kier alpha value is -1.29. The van der Waals surface area contributed by atoms with E-state index in [0.29, 0.717) is 11.3 Å². The molecule has 92 valence electrons. The minimum atomic E-state index is -0.302. The maximum Gasteiger partial charge on any atom is 0.315 e. The highest BCUT2D eigenvalue weighted by Crippen LogP contribution is 2.10. The molecule has 1 rings (SSSR count). The molecule has 0 unspecified atom stereocenters. The molecule has 0 aliphatic carbocycles. The molecule has 0 N–H and O–H groups in total. The predicted molar refractivity (Wildman–Crippen MR) is 69.5 cm³/mol. The first-order valence-electron chi connectivity index (χ1n) is 5.44. The third-order valence-corrected chi connectivity index (χ3v) is 3.27. The average molecular weight is 252 g/mol. The number of carbonyl (C=O) groups excluding carboxylic acids is 2. The number of thioether (sulfide) groups is 1. The van der Waals surface area contributed by atoms with Crippen LogP contribution in [-0.2, 0) is 16.0 Å². The lowest BCUT2D eigenvalue weighted by Gasteiger charge is -2.02. The van der Waals surface area contributed by atoms with Crippen LogP contribution in [-0.4, -0.2) is 30.4 Å². The standard InChI is InChI=1S/C13H16O3S/c1-3-10-4-6-11(7-5-10)12(14)8-17-9-13(15)16-2/h4-7H,3,8-9H2,1-2H3. The molecule has 0 spiro atoms. The van der Waals surface area contributed by atoms with Crippen LogP contribution in [0.25, 0.3) is 0 Å². The lowest BCUT2D eigenvalue weighted by Crippen LogP contribution is -2.08. The van der Waals surface area contributed by atoms with Crippen LogP contribution >= 0.6 is 11.8 Å². The van der Waals surface area contributed by atoms with Crippen molar-refractivity contribution >= 4 is 23.5 Å². The molecule has 0 heterocycles. The van der Waals surface area contributed by atoms with Crippen LogP contribution in [0.4, 0.5) is 0 Å². The Bertz CT molecular complexity index is 384. The van der Waals surface area contributed by atoms with E-state index < -0.39 is 0 Å². The number of hydrogen-bond acceptors (Lipinski definition) is 4. The summed E-state index contributed by atoms with van der Waals surface area (Å²) in [5.41, 5.74) is 1.91. The number of ketones is 1. The highest BCUT2D eigenvalue weighted by molar-refractivity contribution is 8.00. The number of esters is 1. The fraction of sp³-hybridized carbons (Fsp3) is 0.385. The van der Waals surface area contributed by atoms with Gasteiger partial charge >= 0.3 is 5.97 Å². The van der Waals surface area contributed by atoms with Crippen LogP contribution < -0.4 is 0 Å². The second-order valence-corrected chi connectivity index (χ2v) is 4.53. The molecule has 1 aromatic carbocycles. The van der Waals surface area contributed by atoms with Crippen molar-refractivity contribution in [3.63, 3.8) is 0 Å². The van der Waals surface area contributed by atoms with Crippen LogP contribution in [0.3, 0.4) is 0 Å². The summed E-state index contributed by atoms with van der Waals surface area (Å²) in [6.45, 7) is 2.07. The zero-order chi connectivity index (χ0) is 12.7. The van der Waals surface area contributed by atoms with Gasteiger partial charge in [-0.2, -0.15) is 0 Å². The lowest BCUT2D eigenvalue weighted by molar-refractivity contribution is -0.137. The molecule has 0 aliphatic rings. The maximum absolute atomic E-state index is 11.7. The van der Waals surface area contributed by atoms with Gasteiger partial charge < -0.3 is 4.74 Å². The molecule has 3 nitrogen and oxygen atoms in total. The maximum atomic E-state index is 11.7. The molecule has 0 aromatic heterocycles. The quantitative estimate of drug-likeness (QED) is 0.576. The average Bonchev–Trinajstić information content (AvgIpc) is 2.38. The van der Waals surface area contributed by atoms with Gasteiger partial charge in [0.15, 0.2) is 5.78 Å². The Kier molecular flexibility index (Phi) is 5.77. The van der Waals surface area contributed by atoms with Gasteiger partial charge in [0.25, 0.3) is 0 Å². The second kappa shape index (κ2) is 7.12. The summed E-state index contributed by atoms with van der Waals surface area (Å²) < 4.78 is 4.50. The largest absolute Gasteiger partial charge is 0.468 e. The van der Waals surface area contributed by atoms with Gasteiger partial charge in [-0.25, -0.2) is 0 Å². The van der Waals surface area contributed by atoms with Crippen LogP contribution in [0.1, 0.15) is 22.8 Å². The van der Waals surface area contributed by atoms with Gasteiger partial charge in [-0.15, -0.1) is 11.8 Å². The van der Waals surface area contributed by atoms with Crippen LogP contribution in [0, 0.1) is 0 Å². The number of methoxy groups -OCH3 is 1. The van der Waals surface area contributed by atoms with Crippen molar-refractivity contribution in [3.8, 4) is 0 Å². The molecule has 0 bridgehead atoms. The zero-order valence-electron chi connectivity index (χ0n) is 10.1. The van der Waals surface area contributed by atoms with E-state index in [1.54, 1.807) is 0 Å². The molecule has 17 heavy (non-hydrogen) atoms. The van der Waals surface area contributed by atoms with Crippen LogP contribution in [0.5, 0.6) is 0 Å². The van der Waals surface area contributed by atoms with E-state index in [2.05, 4.69) is 11.7 Å². The lowest BCUT2D eigenvalue weighted by atomic mass is 10.1. The first-order chi connectivity index (χ1) is 8.17. The molecule has 0 amide bonds. The van der Waals surface area contributed by atoms with E-state index in [1.807, 2.05) is 24.3 Å². The van der Waals surface area contributed by atoms with E-state index in [-0.39, 0.29) is 17.5 Å². The summed E-state index contributed by atoms with van der Waals surface area (Å²) in [6, 6.07) is 7.58. The molecule has 0 fully saturated rings. The summed E-state index contributed by atoms with van der Waals surface area (Å²) in [4.78, 5) is 22.6. The minimum absolute atomic E-state index is 0.0431. The van der Waals surface area contributed by atoms with E-state index in [0.717, 1.165) is 6.42 Å². The number of rotatable bonds is 6. The van der Waals surface area contributed by atoms with Crippen molar-refractivity contribution in [3.05, 3.63) is 35.4 Å². The van der Waals surface area contributed by atoms with Gasteiger partial charge in [0.2, 0.25) is 0 Å². The molecular weight excluding hydrogens is 236 g/mol. The SMILES string of the molecule is CCc1ccc(C(=O)CSCC(=O)OC)cc1. The van der Waals surface area contributed by atoms with E-state index in [4.69, 9.17) is 0 Å². The monoisotopic (exact) mass is 252 g/mol. The number of benzene rings is 1. The first kappa shape index (κ1) is 13.8. The van der Waals surface area contributed by atoms with Crippen molar-refractivity contribution in [2.45, 2.75) is 13.3 Å². The number of hydrogen-bond donors (Lipinski definition) is 0. The molecule has 0 saturated carbocycles. The summed E-state index contributed by atoms with van der Waals surface area (Å²) in [5, 5.41) is 0. The van der Waals surface area contributed by atoms with Crippen molar-refractivity contribution in [2.75, 3.05) is 18.6 Å². The third-order valence-electron chi connectivity index (χ3n) is 2.36. The molecule has 4 heteroatoms.